The van der Waals surface area contributed by atoms with Crippen LogP contribution in [0, 0.1) is 5.92 Å². The summed E-state index contributed by atoms with van der Waals surface area (Å²) in [4.78, 5) is 1.45. The van der Waals surface area contributed by atoms with Crippen molar-refractivity contribution in [2.75, 3.05) is 18.1 Å². The standard InChI is InChI=1S/C11H17NS2/c1-9(11-3-2-5-14-11)12-7-10-4-6-13-8-10/h2-3,5,9-10,12H,4,6-8H2,1H3. The van der Waals surface area contributed by atoms with Gasteiger partial charge in [0.2, 0.25) is 0 Å². The van der Waals surface area contributed by atoms with Gasteiger partial charge in [-0.3, -0.25) is 0 Å². The third kappa shape index (κ3) is 2.75. The molecule has 1 nitrogen and oxygen atoms in total. The average Bonchev–Trinajstić information content (AvgIpc) is 2.87. The van der Waals surface area contributed by atoms with Gasteiger partial charge in [0, 0.05) is 10.9 Å². The van der Waals surface area contributed by atoms with Crippen molar-refractivity contribution in [3.8, 4) is 0 Å². The number of thioether (sulfide) groups is 1. The smallest absolute Gasteiger partial charge is 0.0386 e. The third-order valence-electron chi connectivity index (χ3n) is 2.71. The van der Waals surface area contributed by atoms with Crippen LogP contribution in [0.15, 0.2) is 17.5 Å². The van der Waals surface area contributed by atoms with Crippen molar-refractivity contribution in [2.45, 2.75) is 19.4 Å². The van der Waals surface area contributed by atoms with Crippen molar-refractivity contribution >= 4 is 23.1 Å². The third-order valence-corrected chi connectivity index (χ3v) is 4.99. The number of hydrogen-bond acceptors (Lipinski definition) is 3. The zero-order chi connectivity index (χ0) is 9.80. The largest absolute Gasteiger partial charge is 0.309 e. The second-order valence-corrected chi connectivity index (χ2v) is 6.00. The lowest BCUT2D eigenvalue weighted by atomic mass is 10.1. The molecule has 1 aromatic heterocycles. The van der Waals surface area contributed by atoms with Gasteiger partial charge >= 0.3 is 0 Å². The Morgan fingerprint density at radius 2 is 2.57 bits per heavy atom. The minimum Gasteiger partial charge on any atom is -0.309 e. The van der Waals surface area contributed by atoms with Crippen molar-refractivity contribution in [3.05, 3.63) is 22.4 Å². The summed E-state index contributed by atoms with van der Waals surface area (Å²) in [6.07, 6.45) is 1.40. The molecule has 3 heteroatoms. The average molecular weight is 227 g/mol. The van der Waals surface area contributed by atoms with Gasteiger partial charge in [-0.1, -0.05) is 6.07 Å². The lowest BCUT2D eigenvalue weighted by Crippen LogP contribution is -2.25. The maximum atomic E-state index is 3.62. The van der Waals surface area contributed by atoms with Crippen LogP contribution >= 0.6 is 23.1 Å². The first-order valence-electron chi connectivity index (χ1n) is 5.21. The molecule has 2 unspecified atom stereocenters. The molecular weight excluding hydrogens is 210 g/mol. The summed E-state index contributed by atoms with van der Waals surface area (Å²) in [5.74, 6) is 3.62. The van der Waals surface area contributed by atoms with Crippen LogP contribution in [0.3, 0.4) is 0 Å². The Hall–Kier alpha value is 0.01000. The Balaban J connectivity index is 1.74. The van der Waals surface area contributed by atoms with Gasteiger partial charge in [0.15, 0.2) is 0 Å². The van der Waals surface area contributed by atoms with Crippen LogP contribution in [-0.4, -0.2) is 18.1 Å². The molecule has 1 aromatic rings. The van der Waals surface area contributed by atoms with Crippen LogP contribution in [0.2, 0.25) is 0 Å². The fourth-order valence-corrected chi connectivity index (χ4v) is 3.77. The van der Waals surface area contributed by atoms with Crippen LogP contribution in [-0.2, 0) is 0 Å². The van der Waals surface area contributed by atoms with Crippen LogP contribution in [0.1, 0.15) is 24.3 Å². The van der Waals surface area contributed by atoms with E-state index in [1.807, 2.05) is 11.3 Å². The van der Waals surface area contributed by atoms with Crippen molar-refractivity contribution < 1.29 is 0 Å². The van der Waals surface area contributed by atoms with E-state index in [-0.39, 0.29) is 0 Å². The van der Waals surface area contributed by atoms with Crippen molar-refractivity contribution in [3.63, 3.8) is 0 Å². The highest BCUT2D eigenvalue weighted by Crippen LogP contribution is 2.24. The van der Waals surface area contributed by atoms with E-state index >= 15 is 0 Å². The van der Waals surface area contributed by atoms with E-state index in [9.17, 15) is 0 Å². The van der Waals surface area contributed by atoms with Crippen LogP contribution in [0.4, 0.5) is 0 Å². The minimum atomic E-state index is 0.528. The quantitative estimate of drug-likeness (QED) is 0.848. The fraction of sp³-hybridized carbons (Fsp3) is 0.636. The highest BCUT2D eigenvalue weighted by Gasteiger charge is 2.16. The predicted molar refractivity (Wildman–Crippen MR) is 66.2 cm³/mol. The molecule has 0 bridgehead atoms. The van der Waals surface area contributed by atoms with Crippen molar-refractivity contribution in [2.24, 2.45) is 5.92 Å². The Kier molecular flexibility index (Phi) is 3.90. The van der Waals surface area contributed by atoms with Gasteiger partial charge in [-0.2, -0.15) is 11.8 Å². The van der Waals surface area contributed by atoms with E-state index in [0.717, 1.165) is 5.92 Å². The summed E-state index contributed by atoms with van der Waals surface area (Å²) in [6, 6.07) is 4.87. The maximum Gasteiger partial charge on any atom is 0.0386 e. The van der Waals surface area contributed by atoms with Gasteiger partial charge < -0.3 is 5.32 Å². The lowest BCUT2D eigenvalue weighted by Gasteiger charge is -2.15. The molecule has 1 fully saturated rings. The SMILES string of the molecule is CC(NCC1CCSC1)c1cccs1. The summed E-state index contributed by atoms with van der Waals surface area (Å²) < 4.78 is 0. The molecule has 0 radical (unpaired) electrons. The molecule has 0 aromatic carbocycles. The van der Waals surface area contributed by atoms with E-state index in [4.69, 9.17) is 0 Å². The van der Waals surface area contributed by atoms with Gasteiger partial charge in [0.1, 0.15) is 0 Å². The second kappa shape index (κ2) is 5.19. The highest BCUT2D eigenvalue weighted by atomic mass is 32.2. The van der Waals surface area contributed by atoms with Gasteiger partial charge in [0.25, 0.3) is 0 Å². The molecule has 78 valence electrons. The molecule has 14 heavy (non-hydrogen) atoms. The Morgan fingerprint density at radius 1 is 1.64 bits per heavy atom. The second-order valence-electron chi connectivity index (χ2n) is 3.87. The Labute approximate surface area is 94.3 Å². The molecular formula is C11H17NS2. The summed E-state index contributed by atoms with van der Waals surface area (Å²) in [5.41, 5.74) is 0. The Morgan fingerprint density at radius 3 is 3.21 bits per heavy atom. The monoisotopic (exact) mass is 227 g/mol. The molecule has 1 saturated heterocycles. The fourth-order valence-electron chi connectivity index (χ4n) is 1.73. The lowest BCUT2D eigenvalue weighted by molar-refractivity contribution is 0.481. The molecule has 0 amide bonds. The van der Waals surface area contributed by atoms with E-state index in [2.05, 4.69) is 41.5 Å². The molecule has 0 spiro atoms. The Bertz CT molecular complexity index is 252. The van der Waals surface area contributed by atoms with Gasteiger partial charge in [-0.05, 0) is 48.8 Å². The molecule has 1 aliphatic rings. The molecule has 2 rings (SSSR count). The molecule has 1 N–H and O–H groups in total. The van der Waals surface area contributed by atoms with E-state index < -0.39 is 0 Å². The molecule has 1 aliphatic heterocycles. The predicted octanol–water partition coefficient (Wildman–Crippen LogP) is 3.15. The number of hydrogen-bond donors (Lipinski definition) is 1. The molecule has 0 aliphatic carbocycles. The summed E-state index contributed by atoms with van der Waals surface area (Å²) in [6.45, 7) is 3.44. The van der Waals surface area contributed by atoms with Crippen LogP contribution in [0.5, 0.6) is 0 Å². The minimum absolute atomic E-state index is 0.528. The highest BCUT2D eigenvalue weighted by molar-refractivity contribution is 7.99. The molecule has 2 atom stereocenters. The van der Waals surface area contributed by atoms with Crippen LogP contribution in [0.25, 0.3) is 0 Å². The number of thiophene rings is 1. The summed E-state index contributed by atoms with van der Waals surface area (Å²) >= 11 is 3.94. The van der Waals surface area contributed by atoms with Crippen LogP contribution < -0.4 is 5.32 Å². The van der Waals surface area contributed by atoms with Crippen molar-refractivity contribution in [1.82, 2.24) is 5.32 Å². The van der Waals surface area contributed by atoms with Gasteiger partial charge in [-0.15, -0.1) is 11.3 Å². The van der Waals surface area contributed by atoms with E-state index in [0.29, 0.717) is 6.04 Å². The van der Waals surface area contributed by atoms with Crippen molar-refractivity contribution in [1.29, 1.82) is 0 Å². The maximum absolute atomic E-state index is 3.62. The number of nitrogens with one attached hydrogen (secondary N) is 1. The topological polar surface area (TPSA) is 12.0 Å². The first-order chi connectivity index (χ1) is 6.86. The summed E-state index contributed by atoms with van der Waals surface area (Å²) in [7, 11) is 0. The van der Waals surface area contributed by atoms with Gasteiger partial charge in [-0.25, -0.2) is 0 Å². The zero-order valence-corrected chi connectivity index (χ0v) is 10.2. The van der Waals surface area contributed by atoms with E-state index in [1.54, 1.807) is 0 Å². The first-order valence-corrected chi connectivity index (χ1v) is 7.24. The first kappa shape index (κ1) is 10.5. The molecule has 2 heterocycles. The molecule has 0 saturated carbocycles. The summed E-state index contributed by atoms with van der Waals surface area (Å²) in [5, 5.41) is 5.78. The number of rotatable bonds is 4. The van der Waals surface area contributed by atoms with E-state index in [1.165, 1.54) is 29.3 Å². The zero-order valence-electron chi connectivity index (χ0n) is 8.53. The normalized spacial score (nSPS) is 23.9. The van der Waals surface area contributed by atoms with Gasteiger partial charge in [0.05, 0.1) is 0 Å².